The lowest BCUT2D eigenvalue weighted by Gasteiger charge is -2.46. The maximum Gasteiger partial charge on any atom is 0.350 e. The Bertz CT molecular complexity index is 690. The van der Waals surface area contributed by atoms with E-state index >= 15 is 0 Å². The van der Waals surface area contributed by atoms with E-state index in [0.29, 0.717) is 24.7 Å². The van der Waals surface area contributed by atoms with Crippen LogP contribution in [0.2, 0.25) is 0 Å². The van der Waals surface area contributed by atoms with Crippen molar-refractivity contribution in [1.82, 2.24) is 0 Å². The van der Waals surface area contributed by atoms with Gasteiger partial charge in [0.1, 0.15) is 11.5 Å². The van der Waals surface area contributed by atoms with E-state index < -0.39 is 5.41 Å². The van der Waals surface area contributed by atoms with Gasteiger partial charge in [0.05, 0.1) is 12.7 Å². The van der Waals surface area contributed by atoms with Crippen LogP contribution in [0, 0.1) is 11.3 Å². The van der Waals surface area contributed by atoms with Crippen LogP contribution in [0.1, 0.15) is 73.1 Å². The van der Waals surface area contributed by atoms with Crippen LogP contribution in [0.3, 0.4) is 0 Å². The molecule has 1 fully saturated rings. The molecule has 0 aromatic carbocycles. The van der Waals surface area contributed by atoms with Crippen molar-refractivity contribution in [3.8, 4) is 0 Å². The minimum atomic E-state index is -0.425. The summed E-state index contributed by atoms with van der Waals surface area (Å²) in [5, 5.41) is 0. The molecule has 0 aromatic rings. The van der Waals surface area contributed by atoms with Crippen LogP contribution in [-0.4, -0.2) is 37.8 Å². The van der Waals surface area contributed by atoms with E-state index in [0.717, 1.165) is 32.1 Å². The Morgan fingerprint density at radius 3 is 2.67 bits per heavy atom. The maximum absolute atomic E-state index is 13.5. The van der Waals surface area contributed by atoms with Crippen LogP contribution in [0.15, 0.2) is 22.3 Å². The lowest BCUT2D eigenvalue weighted by Crippen LogP contribution is -2.45. The molecule has 0 aromatic heterocycles. The standard InChI is InChI=1S/C22H33BO4/c1-13(2)17-11-21(25)22(5)9-8-20-18(12-26-20)19(22)10-16(7-6-14(17)3)27-23-15(4)24/h13,16,20,23H,6-12H2,1-5H3/b17-14-/t16?,20?,22-/m1/s1. The second-order valence-electron chi connectivity index (χ2n) is 9.11. The van der Waals surface area contributed by atoms with Crippen LogP contribution in [0.4, 0.5) is 0 Å². The average Bonchev–Trinajstić information content (AvgIpc) is 2.57. The second-order valence-corrected chi connectivity index (χ2v) is 9.11. The highest BCUT2D eigenvalue weighted by atomic mass is 16.5. The van der Waals surface area contributed by atoms with Crippen molar-refractivity contribution in [3.63, 3.8) is 0 Å². The van der Waals surface area contributed by atoms with Crippen molar-refractivity contribution < 1.29 is 19.0 Å². The fourth-order valence-electron chi connectivity index (χ4n) is 4.87. The molecule has 0 saturated carbocycles. The molecular formula is C22H33BO4. The third kappa shape index (κ3) is 4.14. The molecule has 3 aliphatic rings. The Labute approximate surface area is 164 Å². The molecule has 1 saturated heterocycles. The molecule has 5 heteroatoms. The molecule has 148 valence electrons. The summed E-state index contributed by atoms with van der Waals surface area (Å²) in [7, 11) is 0.150. The Kier molecular flexibility index (Phi) is 6.12. The molecule has 0 radical (unpaired) electrons. The number of carbonyl (C=O) groups excluding carboxylic acids is 2. The summed E-state index contributed by atoms with van der Waals surface area (Å²) in [5.41, 5.74) is 4.78. The molecular weight excluding hydrogens is 339 g/mol. The van der Waals surface area contributed by atoms with Crippen LogP contribution in [-0.2, 0) is 19.0 Å². The van der Waals surface area contributed by atoms with Crippen molar-refractivity contribution in [3.05, 3.63) is 22.3 Å². The van der Waals surface area contributed by atoms with Crippen LogP contribution in [0.5, 0.6) is 0 Å². The monoisotopic (exact) mass is 372 g/mol. The van der Waals surface area contributed by atoms with E-state index in [1.165, 1.54) is 22.3 Å². The van der Waals surface area contributed by atoms with Gasteiger partial charge in [-0.1, -0.05) is 30.6 Å². The Morgan fingerprint density at radius 1 is 1.33 bits per heavy atom. The normalized spacial score (nSPS) is 34.7. The largest absolute Gasteiger partial charge is 0.428 e. The molecule has 0 amide bonds. The number of ketones is 1. The van der Waals surface area contributed by atoms with Gasteiger partial charge in [-0.3, -0.25) is 4.79 Å². The predicted molar refractivity (Wildman–Crippen MR) is 108 cm³/mol. The van der Waals surface area contributed by atoms with Crippen molar-refractivity contribution in [2.45, 2.75) is 85.4 Å². The van der Waals surface area contributed by atoms with E-state index in [-0.39, 0.29) is 25.4 Å². The van der Waals surface area contributed by atoms with Gasteiger partial charge in [-0.2, -0.15) is 0 Å². The van der Waals surface area contributed by atoms with Gasteiger partial charge in [-0.05, 0) is 64.4 Å². The molecule has 2 aliphatic carbocycles. The van der Waals surface area contributed by atoms with E-state index in [2.05, 4.69) is 27.7 Å². The highest BCUT2D eigenvalue weighted by Gasteiger charge is 2.47. The average molecular weight is 372 g/mol. The van der Waals surface area contributed by atoms with Gasteiger partial charge < -0.3 is 14.2 Å². The van der Waals surface area contributed by atoms with Crippen LogP contribution in [0.25, 0.3) is 0 Å². The van der Waals surface area contributed by atoms with Crippen LogP contribution >= 0.6 is 0 Å². The lowest BCUT2D eigenvalue weighted by atomic mass is 9.63. The zero-order valence-electron chi connectivity index (χ0n) is 17.5. The van der Waals surface area contributed by atoms with Gasteiger partial charge in [-0.15, -0.1) is 0 Å². The highest BCUT2D eigenvalue weighted by molar-refractivity contribution is 6.68. The first-order chi connectivity index (χ1) is 12.7. The number of ether oxygens (including phenoxy) is 1. The molecule has 1 heterocycles. The number of hydrogen-bond acceptors (Lipinski definition) is 4. The van der Waals surface area contributed by atoms with Crippen molar-refractivity contribution in [2.24, 2.45) is 11.3 Å². The zero-order chi connectivity index (χ0) is 19.8. The third-order valence-electron chi connectivity index (χ3n) is 6.80. The first kappa shape index (κ1) is 20.5. The molecule has 0 spiro atoms. The van der Waals surface area contributed by atoms with Crippen LogP contribution < -0.4 is 0 Å². The number of hydrogen-bond donors (Lipinski definition) is 0. The van der Waals surface area contributed by atoms with Gasteiger partial charge in [0.15, 0.2) is 0 Å². The maximum atomic E-state index is 13.5. The highest BCUT2D eigenvalue weighted by Crippen LogP contribution is 2.49. The molecule has 4 nitrogen and oxygen atoms in total. The number of carbonyl (C=O) groups is 2. The Hall–Kier alpha value is -1.20. The van der Waals surface area contributed by atoms with E-state index in [1.54, 1.807) is 6.92 Å². The van der Waals surface area contributed by atoms with Gasteiger partial charge in [0.25, 0.3) is 0 Å². The summed E-state index contributed by atoms with van der Waals surface area (Å²) in [5.74, 6) is 0.707. The number of rotatable bonds is 4. The smallest absolute Gasteiger partial charge is 0.350 e. The van der Waals surface area contributed by atoms with E-state index in [9.17, 15) is 9.59 Å². The minimum Gasteiger partial charge on any atom is -0.428 e. The molecule has 2 unspecified atom stereocenters. The third-order valence-corrected chi connectivity index (χ3v) is 6.80. The quantitative estimate of drug-likeness (QED) is 0.555. The first-order valence-corrected chi connectivity index (χ1v) is 10.4. The van der Waals surface area contributed by atoms with Gasteiger partial charge in [0, 0.05) is 17.9 Å². The zero-order valence-corrected chi connectivity index (χ0v) is 17.5. The fourth-order valence-corrected chi connectivity index (χ4v) is 4.87. The molecule has 27 heavy (non-hydrogen) atoms. The molecule has 0 N–H and O–H groups in total. The second kappa shape index (κ2) is 8.04. The Morgan fingerprint density at radius 2 is 2.07 bits per heavy atom. The predicted octanol–water partition coefficient (Wildman–Crippen LogP) is 3.88. The summed E-state index contributed by atoms with van der Waals surface area (Å²) in [4.78, 5) is 25.0. The van der Waals surface area contributed by atoms with Crippen molar-refractivity contribution in [1.29, 1.82) is 0 Å². The molecule has 3 rings (SSSR count). The number of allylic oxidation sites excluding steroid dienone is 2. The van der Waals surface area contributed by atoms with E-state index in [1.807, 2.05) is 0 Å². The molecule has 1 aliphatic heterocycles. The minimum absolute atomic E-state index is 0.0238. The van der Waals surface area contributed by atoms with Crippen molar-refractivity contribution >= 4 is 18.9 Å². The van der Waals surface area contributed by atoms with E-state index in [4.69, 9.17) is 9.39 Å². The summed E-state index contributed by atoms with van der Waals surface area (Å²) in [6.07, 6.45) is 5.06. The lowest BCUT2D eigenvalue weighted by molar-refractivity contribution is -0.128. The number of Topliss-reactive ketones (excluding diaryl/α,β-unsaturated/α-hetero) is 1. The molecule has 0 bridgehead atoms. The topological polar surface area (TPSA) is 52.6 Å². The summed E-state index contributed by atoms with van der Waals surface area (Å²) >= 11 is 0. The van der Waals surface area contributed by atoms with Crippen molar-refractivity contribution in [2.75, 3.05) is 6.61 Å². The first-order valence-electron chi connectivity index (χ1n) is 10.4. The fraction of sp³-hybridized carbons (Fsp3) is 0.727. The molecule has 3 atom stereocenters. The summed E-state index contributed by atoms with van der Waals surface area (Å²) < 4.78 is 11.7. The SMILES string of the molecule is CC(=O)BOC1CC/C(C)=C(\C(C)C)CC(=O)[C@]2(C)CCC3OCC3=C2C1. The van der Waals surface area contributed by atoms with Gasteiger partial charge in [-0.25, -0.2) is 0 Å². The number of fused-ring (bicyclic) bond motifs is 2. The summed E-state index contributed by atoms with van der Waals surface area (Å²) in [6.45, 7) is 10.9. The summed E-state index contributed by atoms with van der Waals surface area (Å²) in [6, 6.07) is 0. The van der Waals surface area contributed by atoms with Gasteiger partial charge in [0.2, 0.25) is 0 Å². The van der Waals surface area contributed by atoms with Gasteiger partial charge >= 0.3 is 7.48 Å². The Balaban J connectivity index is 1.99.